The van der Waals surface area contributed by atoms with Crippen molar-refractivity contribution in [2.24, 2.45) is 10.7 Å². The molecule has 0 atom stereocenters. The average molecular weight is 394 g/mol. The summed E-state index contributed by atoms with van der Waals surface area (Å²) in [6, 6.07) is 9.34. The molecule has 0 spiro atoms. The molecule has 1 aliphatic carbocycles. The Morgan fingerprint density at radius 3 is 2.36 bits per heavy atom. The molecule has 2 aromatic carbocycles. The molecule has 0 aromatic heterocycles. The zero-order valence-electron chi connectivity index (χ0n) is 14.6. The number of nitrogens with one attached hydrogen (secondary N) is 2. The minimum atomic E-state index is -4.48. The van der Waals surface area contributed by atoms with E-state index in [1.807, 2.05) is 0 Å². The molecule has 2 aromatic rings. The van der Waals surface area contributed by atoms with Crippen LogP contribution in [0.25, 0.3) is 0 Å². The highest BCUT2D eigenvalue weighted by molar-refractivity contribution is 6.10. The molecule has 148 valence electrons. The highest BCUT2D eigenvalue weighted by Crippen LogP contribution is 2.29. The number of alkyl halides is 3. The van der Waals surface area contributed by atoms with Crippen LogP contribution in [0.15, 0.2) is 53.5 Å². The molecule has 0 heterocycles. The smallest absolute Gasteiger partial charge is 0.328 e. The fourth-order valence-electron chi connectivity index (χ4n) is 2.71. The number of hydrogen-bond acceptors (Lipinski definition) is 3. The van der Waals surface area contributed by atoms with Crippen LogP contribution in [0, 0.1) is 5.82 Å². The van der Waals surface area contributed by atoms with Crippen molar-refractivity contribution in [3.63, 3.8) is 0 Å². The lowest BCUT2D eigenvalue weighted by atomic mass is 9.88. The monoisotopic (exact) mass is 394 g/mol. The molecule has 1 aliphatic rings. The average Bonchev–Trinajstić information content (AvgIpc) is 2.59. The first-order valence-corrected chi connectivity index (χ1v) is 8.55. The Morgan fingerprint density at radius 1 is 1.11 bits per heavy atom. The van der Waals surface area contributed by atoms with Gasteiger partial charge in [-0.25, -0.2) is 9.38 Å². The van der Waals surface area contributed by atoms with Gasteiger partial charge in [0.05, 0.1) is 11.6 Å². The summed E-state index contributed by atoms with van der Waals surface area (Å²) in [7, 11) is 0. The number of nitrogens with two attached hydrogens (primary N) is 1. The molecule has 0 saturated heterocycles. The molecule has 0 radical (unpaired) electrons. The van der Waals surface area contributed by atoms with E-state index in [1.165, 1.54) is 18.2 Å². The molecule has 3 rings (SSSR count). The Labute approximate surface area is 158 Å². The summed E-state index contributed by atoms with van der Waals surface area (Å²) in [6.45, 7) is 0. The second-order valence-corrected chi connectivity index (χ2v) is 6.53. The van der Waals surface area contributed by atoms with E-state index in [0.29, 0.717) is 18.5 Å². The minimum Gasteiger partial charge on any atom is -0.328 e. The van der Waals surface area contributed by atoms with Crippen LogP contribution in [0.2, 0.25) is 0 Å². The van der Waals surface area contributed by atoms with Crippen LogP contribution in [0.3, 0.4) is 0 Å². The summed E-state index contributed by atoms with van der Waals surface area (Å²) < 4.78 is 51.4. The van der Waals surface area contributed by atoms with Crippen LogP contribution >= 0.6 is 0 Å². The van der Waals surface area contributed by atoms with Gasteiger partial charge in [-0.2, -0.15) is 13.2 Å². The predicted octanol–water partition coefficient (Wildman–Crippen LogP) is 3.53. The SMILES string of the molecule is NC1CC(N=C(NC(=O)c2ccc(C(F)(F)F)cc2)Nc2cccc(F)c2)C1. The quantitative estimate of drug-likeness (QED) is 0.423. The number of guanidine groups is 1. The van der Waals surface area contributed by atoms with Gasteiger partial charge in [0.15, 0.2) is 0 Å². The Bertz CT molecular complexity index is 874. The summed E-state index contributed by atoms with van der Waals surface area (Å²) in [5.41, 5.74) is 5.30. The highest BCUT2D eigenvalue weighted by atomic mass is 19.4. The Hall–Kier alpha value is -2.94. The lowest BCUT2D eigenvalue weighted by molar-refractivity contribution is -0.137. The molecule has 9 heteroatoms. The van der Waals surface area contributed by atoms with Gasteiger partial charge in [-0.1, -0.05) is 6.07 Å². The zero-order chi connectivity index (χ0) is 20.3. The number of benzene rings is 2. The largest absolute Gasteiger partial charge is 0.416 e. The van der Waals surface area contributed by atoms with Gasteiger partial charge in [0.25, 0.3) is 5.91 Å². The molecular weight excluding hydrogens is 376 g/mol. The first-order chi connectivity index (χ1) is 13.2. The summed E-state index contributed by atoms with van der Waals surface area (Å²) in [5, 5.41) is 5.36. The normalized spacial score (nSPS) is 19.7. The van der Waals surface area contributed by atoms with Crippen molar-refractivity contribution in [2.75, 3.05) is 5.32 Å². The third-order valence-electron chi connectivity index (χ3n) is 4.26. The molecule has 4 N–H and O–H groups in total. The van der Waals surface area contributed by atoms with Gasteiger partial charge in [0.2, 0.25) is 5.96 Å². The van der Waals surface area contributed by atoms with E-state index in [9.17, 15) is 22.4 Å². The van der Waals surface area contributed by atoms with E-state index in [0.717, 1.165) is 24.3 Å². The third-order valence-corrected chi connectivity index (χ3v) is 4.26. The van der Waals surface area contributed by atoms with E-state index in [1.54, 1.807) is 6.07 Å². The van der Waals surface area contributed by atoms with Crippen LogP contribution in [0.5, 0.6) is 0 Å². The number of hydrogen-bond donors (Lipinski definition) is 3. The topological polar surface area (TPSA) is 79.5 Å². The minimum absolute atomic E-state index is 0.0343. The maximum atomic E-state index is 13.4. The summed E-state index contributed by atoms with van der Waals surface area (Å²) in [5.74, 6) is -1.03. The van der Waals surface area contributed by atoms with Crippen molar-refractivity contribution in [1.29, 1.82) is 0 Å². The summed E-state index contributed by atoms with van der Waals surface area (Å²) >= 11 is 0. The van der Waals surface area contributed by atoms with Crippen molar-refractivity contribution in [1.82, 2.24) is 5.32 Å². The van der Waals surface area contributed by atoms with Crippen LogP contribution in [0.1, 0.15) is 28.8 Å². The molecule has 5 nitrogen and oxygen atoms in total. The van der Waals surface area contributed by atoms with Crippen molar-refractivity contribution in [3.8, 4) is 0 Å². The van der Waals surface area contributed by atoms with Gasteiger partial charge < -0.3 is 11.1 Å². The van der Waals surface area contributed by atoms with Crippen LogP contribution < -0.4 is 16.4 Å². The Balaban J connectivity index is 1.75. The standard InChI is InChI=1S/C19H18F4N4O/c20-13-2-1-3-15(8-13)25-18(26-16-9-14(24)10-16)27-17(28)11-4-6-12(7-5-11)19(21,22)23/h1-8,14,16H,9-10,24H2,(H2,25,26,27,28). The summed E-state index contributed by atoms with van der Waals surface area (Å²) in [4.78, 5) is 16.8. The molecule has 1 saturated carbocycles. The number of aliphatic imine (C=N–C) groups is 1. The van der Waals surface area contributed by atoms with E-state index in [-0.39, 0.29) is 23.6 Å². The van der Waals surface area contributed by atoms with Crippen LogP contribution in [-0.4, -0.2) is 24.0 Å². The zero-order valence-corrected chi connectivity index (χ0v) is 14.6. The second-order valence-electron chi connectivity index (χ2n) is 6.53. The fourth-order valence-corrected chi connectivity index (χ4v) is 2.71. The molecule has 1 amide bonds. The van der Waals surface area contributed by atoms with E-state index in [2.05, 4.69) is 15.6 Å². The fraction of sp³-hybridized carbons (Fsp3) is 0.263. The number of carbonyl (C=O) groups is 1. The number of amides is 1. The molecule has 1 fully saturated rings. The maximum absolute atomic E-state index is 13.4. The molecule has 0 bridgehead atoms. The summed E-state index contributed by atoms with van der Waals surface area (Å²) in [6.07, 6.45) is -3.20. The van der Waals surface area contributed by atoms with E-state index in [4.69, 9.17) is 5.73 Å². The van der Waals surface area contributed by atoms with Gasteiger partial charge in [-0.15, -0.1) is 0 Å². The number of halogens is 4. The second kappa shape index (κ2) is 7.97. The van der Waals surface area contributed by atoms with Crippen molar-refractivity contribution in [3.05, 3.63) is 65.5 Å². The lowest BCUT2D eigenvalue weighted by Crippen LogP contribution is -2.43. The van der Waals surface area contributed by atoms with Crippen molar-refractivity contribution < 1.29 is 22.4 Å². The first-order valence-electron chi connectivity index (χ1n) is 8.55. The number of rotatable bonds is 3. The highest BCUT2D eigenvalue weighted by Gasteiger charge is 2.30. The predicted molar refractivity (Wildman–Crippen MR) is 97.4 cm³/mol. The van der Waals surface area contributed by atoms with Gasteiger partial charge in [0.1, 0.15) is 5.82 Å². The van der Waals surface area contributed by atoms with E-state index < -0.39 is 23.5 Å². The Kier molecular flexibility index (Phi) is 5.64. The Morgan fingerprint density at radius 2 is 1.79 bits per heavy atom. The third kappa shape index (κ3) is 5.07. The van der Waals surface area contributed by atoms with Crippen LogP contribution in [-0.2, 0) is 6.18 Å². The van der Waals surface area contributed by atoms with Gasteiger partial charge in [-0.05, 0) is 55.3 Å². The van der Waals surface area contributed by atoms with E-state index >= 15 is 0 Å². The molecule has 0 aliphatic heterocycles. The number of nitrogens with zero attached hydrogens (tertiary/aromatic N) is 1. The van der Waals surface area contributed by atoms with Gasteiger partial charge >= 0.3 is 6.18 Å². The molecular formula is C19H18F4N4O. The van der Waals surface area contributed by atoms with Crippen molar-refractivity contribution in [2.45, 2.75) is 31.1 Å². The van der Waals surface area contributed by atoms with Crippen molar-refractivity contribution >= 4 is 17.6 Å². The van der Waals surface area contributed by atoms with Gasteiger partial charge in [-0.3, -0.25) is 10.1 Å². The van der Waals surface area contributed by atoms with Gasteiger partial charge in [0, 0.05) is 17.3 Å². The molecule has 28 heavy (non-hydrogen) atoms. The maximum Gasteiger partial charge on any atom is 0.416 e. The lowest BCUT2D eigenvalue weighted by Gasteiger charge is -2.29. The molecule has 0 unspecified atom stereocenters. The van der Waals surface area contributed by atoms with Crippen LogP contribution in [0.4, 0.5) is 23.2 Å². The first kappa shape index (κ1) is 19.8. The number of carbonyl (C=O) groups excluding carboxylic acids is 1. The number of anilines is 1.